The van der Waals surface area contributed by atoms with Crippen molar-refractivity contribution in [3.05, 3.63) is 90.5 Å². The smallest absolute Gasteiger partial charge is 0.328 e. The monoisotopic (exact) mass is 391 g/mol. The normalized spacial score (nSPS) is 11.9. The first-order valence-electron chi connectivity index (χ1n) is 8.90. The predicted octanol–water partition coefficient (Wildman–Crippen LogP) is 4.89. The molecule has 0 saturated carbocycles. The molecule has 1 unspecified atom stereocenters. The number of aromatic nitrogens is 3. The topological polar surface area (TPSA) is 53.6 Å². The van der Waals surface area contributed by atoms with E-state index in [0.29, 0.717) is 6.54 Å². The number of benzene rings is 2. The van der Waals surface area contributed by atoms with Gasteiger partial charge in [-0.2, -0.15) is 4.98 Å². The summed E-state index contributed by atoms with van der Waals surface area (Å²) in [5.74, 6) is 0.583. The van der Waals surface area contributed by atoms with Gasteiger partial charge in [-0.15, -0.1) is 0 Å². The Bertz CT molecular complexity index is 1050. The fourth-order valence-electron chi connectivity index (χ4n) is 2.84. The van der Waals surface area contributed by atoms with E-state index in [0.717, 1.165) is 27.1 Å². The first kappa shape index (κ1) is 18.3. The van der Waals surface area contributed by atoms with Crippen LogP contribution in [0.25, 0.3) is 11.3 Å². The molecule has 0 radical (unpaired) electrons. The molecule has 2 aromatic heterocycles. The van der Waals surface area contributed by atoms with Gasteiger partial charge in [-0.1, -0.05) is 30.3 Å². The van der Waals surface area contributed by atoms with Crippen molar-refractivity contribution in [1.82, 2.24) is 15.0 Å². The summed E-state index contributed by atoms with van der Waals surface area (Å²) in [7, 11) is -0.256. The van der Waals surface area contributed by atoms with Gasteiger partial charge in [0.1, 0.15) is 17.9 Å². The minimum atomic E-state index is -0.256. The van der Waals surface area contributed by atoms with Gasteiger partial charge in [0.25, 0.3) is 0 Å². The van der Waals surface area contributed by atoms with Crippen molar-refractivity contribution in [3.63, 3.8) is 0 Å². The Balaban J connectivity index is 1.49. The van der Waals surface area contributed by atoms with E-state index in [9.17, 15) is 4.39 Å². The molecule has 1 atom stereocenters. The summed E-state index contributed by atoms with van der Waals surface area (Å²) < 4.78 is 13.2. The Morgan fingerprint density at radius 3 is 2.57 bits per heavy atom. The number of rotatable bonds is 6. The minimum absolute atomic E-state index is 0.229. The number of nitrogens with zero attached hydrogens (tertiary/aromatic N) is 2. The van der Waals surface area contributed by atoms with Crippen LogP contribution in [0.5, 0.6) is 0 Å². The number of hydrogen-bond acceptors (Lipinski definition) is 3. The average molecular weight is 391 g/mol. The number of H-pyrrole nitrogens is 1. The van der Waals surface area contributed by atoms with Gasteiger partial charge in [-0.3, -0.25) is 4.98 Å². The molecule has 0 amide bonds. The second-order valence-corrected chi connectivity index (χ2v) is 8.21. The van der Waals surface area contributed by atoms with Crippen molar-refractivity contribution < 1.29 is 4.39 Å². The zero-order chi connectivity index (χ0) is 19.3. The van der Waals surface area contributed by atoms with E-state index in [1.54, 1.807) is 18.3 Å². The van der Waals surface area contributed by atoms with Crippen LogP contribution in [0.2, 0.25) is 0 Å². The van der Waals surface area contributed by atoms with Crippen molar-refractivity contribution in [2.24, 2.45) is 0 Å². The van der Waals surface area contributed by atoms with E-state index in [2.05, 4.69) is 38.7 Å². The zero-order valence-corrected chi connectivity index (χ0v) is 16.2. The van der Waals surface area contributed by atoms with E-state index in [4.69, 9.17) is 0 Å². The fourth-order valence-corrected chi connectivity index (χ4v) is 4.08. The molecule has 0 bridgehead atoms. The minimum Gasteiger partial charge on any atom is -0.366 e. The number of nitrogens with one attached hydrogen (secondary N) is 2. The van der Waals surface area contributed by atoms with Crippen molar-refractivity contribution >= 4 is 16.7 Å². The maximum atomic E-state index is 13.2. The Hall–Kier alpha value is -3.12. The van der Waals surface area contributed by atoms with Gasteiger partial charge in [0.05, 0.1) is 22.8 Å². The maximum Gasteiger partial charge on any atom is 0.328 e. The SMILES string of the molecule is C[S+](c1ccc(F)cc1)c1ncc(-c2ccnc(NCc3ccccc3)c2)[nH]1. The number of halogens is 1. The third-order valence-corrected chi connectivity index (χ3v) is 6.16. The highest BCUT2D eigenvalue weighted by Crippen LogP contribution is 2.24. The van der Waals surface area contributed by atoms with Crippen molar-refractivity contribution in [2.75, 3.05) is 11.6 Å². The highest BCUT2D eigenvalue weighted by molar-refractivity contribution is 7.96. The lowest BCUT2D eigenvalue weighted by molar-refractivity contribution is 0.626. The molecular formula is C22H20FN4S+. The van der Waals surface area contributed by atoms with Gasteiger partial charge < -0.3 is 5.32 Å². The zero-order valence-electron chi connectivity index (χ0n) is 15.4. The molecule has 4 nitrogen and oxygen atoms in total. The molecule has 0 aliphatic heterocycles. The second-order valence-electron chi connectivity index (χ2n) is 6.34. The summed E-state index contributed by atoms with van der Waals surface area (Å²) >= 11 is 0. The Kier molecular flexibility index (Phi) is 5.39. The van der Waals surface area contributed by atoms with E-state index in [1.165, 1.54) is 17.7 Å². The van der Waals surface area contributed by atoms with Gasteiger partial charge >= 0.3 is 5.16 Å². The van der Waals surface area contributed by atoms with Crippen molar-refractivity contribution in [3.8, 4) is 11.3 Å². The summed E-state index contributed by atoms with van der Waals surface area (Å²) in [6, 6.07) is 20.7. The molecular weight excluding hydrogens is 371 g/mol. The first-order valence-corrected chi connectivity index (χ1v) is 10.5. The first-order chi connectivity index (χ1) is 13.7. The van der Waals surface area contributed by atoms with E-state index in [-0.39, 0.29) is 16.7 Å². The molecule has 0 spiro atoms. The van der Waals surface area contributed by atoms with Crippen molar-refractivity contribution in [1.29, 1.82) is 0 Å². The Labute approximate surface area is 166 Å². The lowest BCUT2D eigenvalue weighted by Crippen LogP contribution is -2.03. The Morgan fingerprint density at radius 1 is 1.00 bits per heavy atom. The summed E-state index contributed by atoms with van der Waals surface area (Å²) in [5, 5.41) is 4.23. The van der Waals surface area contributed by atoms with Crippen LogP contribution in [0, 0.1) is 5.82 Å². The van der Waals surface area contributed by atoms with E-state index in [1.807, 2.05) is 36.5 Å². The molecule has 0 saturated heterocycles. The third-order valence-electron chi connectivity index (χ3n) is 4.40. The molecule has 2 aromatic carbocycles. The largest absolute Gasteiger partial charge is 0.366 e. The summed E-state index contributed by atoms with van der Waals surface area (Å²) in [6.45, 7) is 0.717. The molecule has 28 heavy (non-hydrogen) atoms. The second kappa shape index (κ2) is 8.27. The fraction of sp³-hybridized carbons (Fsp3) is 0.0909. The molecule has 140 valence electrons. The van der Waals surface area contributed by atoms with Gasteiger partial charge in [0, 0.05) is 18.3 Å². The predicted molar refractivity (Wildman–Crippen MR) is 112 cm³/mol. The molecule has 2 heterocycles. The van der Waals surface area contributed by atoms with E-state index >= 15 is 0 Å². The van der Waals surface area contributed by atoms with Crippen LogP contribution >= 0.6 is 0 Å². The van der Waals surface area contributed by atoms with Crippen LogP contribution in [0.4, 0.5) is 10.2 Å². The number of imidazole rings is 1. The van der Waals surface area contributed by atoms with Gasteiger partial charge in [0.15, 0.2) is 4.90 Å². The van der Waals surface area contributed by atoms with Crippen LogP contribution in [-0.4, -0.2) is 21.2 Å². The number of aromatic amines is 1. The summed E-state index contributed by atoms with van der Waals surface area (Å²) in [4.78, 5) is 13.4. The lowest BCUT2D eigenvalue weighted by Gasteiger charge is -2.07. The number of anilines is 1. The molecule has 6 heteroatoms. The Morgan fingerprint density at radius 2 is 1.79 bits per heavy atom. The van der Waals surface area contributed by atoms with Crippen LogP contribution in [-0.2, 0) is 17.4 Å². The highest BCUT2D eigenvalue weighted by Gasteiger charge is 2.23. The number of hydrogen-bond donors (Lipinski definition) is 2. The quantitative estimate of drug-likeness (QED) is 0.460. The van der Waals surface area contributed by atoms with Crippen LogP contribution in [0.1, 0.15) is 5.56 Å². The maximum absolute atomic E-state index is 13.2. The van der Waals surface area contributed by atoms with Gasteiger partial charge in [0.2, 0.25) is 0 Å². The summed E-state index contributed by atoms with van der Waals surface area (Å²) in [6.07, 6.45) is 5.70. The number of pyridine rings is 1. The molecule has 2 N–H and O–H groups in total. The molecule has 4 aromatic rings. The highest BCUT2D eigenvalue weighted by atomic mass is 32.2. The molecule has 4 rings (SSSR count). The molecule has 0 aliphatic carbocycles. The molecule has 0 aliphatic rings. The average Bonchev–Trinajstić information content (AvgIpc) is 3.24. The standard InChI is InChI=1S/C22H20FN4S/c1-28(19-9-7-18(23)8-10-19)22-26-15-20(27-22)17-11-12-24-21(13-17)25-14-16-5-3-2-4-6-16/h2-13,15H,14H2,1H3,(H,24,25)(H,26,27)/q+1. The van der Waals surface area contributed by atoms with Crippen LogP contribution in [0.3, 0.4) is 0 Å². The summed E-state index contributed by atoms with van der Waals surface area (Å²) in [5.41, 5.74) is 3.15. The van der Waals surface area contributed by atoms with Crippen LogP contribution in [0.15, 0.2) is 89.2 Å². The van der Waals surface area contributed by atoms with Crippen molar-refractivity contribution in [2.45, 2.75) is 16.6 Å². The van der Waals surface area contributed by atoms with E-state index < -0.39 is 0 Å². The lowest BCUT2D eigenvalue weighted by atomic mass is 10.2. The van der Waals surface area contributed by atoms with Gasteiger partial charge in [-0.25, -0.2) is 9.37 Å². The third kappa shape index (κ3) is 4.23. The molecule has 0 fully saturated rings. The van der Waals surface area contributed by atoms with Crippen LogP contribution < -0.4 is 5.32 Å². The van der Waals surface area contributed by atoms with Gasteiger partial charge in [-0.05, 0) is 42.0 Å².